The van der Waals surface area contributed by atoms with Crippen molar-refractivity contribution in [3.8, 4) is 5.75 Å². The van der Waals surface area contributed by atoms with E-state index in [2.05, 4.69) is 0 Å². The zero-order chi connectivity index (χ0) is 14.2. The molecule has 1 heterocycles. The first-order valence-electron chi connectivity index (χ1n) is 6.56. The second kappa shape index (κ2) is 5.21. The Kier molecular flexibility index (Phi) is 3.80. The molecule has 0 spiro atoms. The summed E-state index contributed by atoms with van der Waals surface area (Å²) in [6, 6.07) is 7.62. The van der Waals surface area contributed by atoms with Crippen LogP contribution in [0.5, 0.6) is 5.75 Å². The van der Waals surface area contributed by atoms with Crippen molar-refractivity contribution in [2.45, 2.75) is 26.0 Å². The lowest BCUT2D eigenvalue weighted by Gasteiger charge is -2.48. The average Bonchev–Trinajstić information content (AvgIpc) is 2.43. The van der Waals surface area contributed by atoms with E-state index in [0.29, 0.717) is 0 Å². The predicted octanol–water partition coefficient (Wildman–Crippen LogP) is 1.84. The Hall–Kier alpha value is -1.55. The van der Waals surface area contributed by atoms with Gasteiger partial charge in [0, 0.05) is 7.05 Å². The third-order valence-corrected chi connectivity index (χ3v) is 3.90. The number of likely N-dealkylation sites (tertiary alicyclic amines) is 1. The number of hydrogen-bond acceptors (Lipinski definition) is 3. The number of carbonyl (C=O) groups excluding carboxylic acids is 1. The first-order valence-corrected chi connectivity index (χ1v) is 6.56. The molecule has 4 heteroatoms. The third-order valence-electron chi connectivity index (χ3n) is 3.90. The molecule has 1 aromatic carbocycles. The summed E-state index contributed by atoms with van der Waals surface area (Å²) in [4.78, 5) is 13.6. The molecule has 0 saturated carbocycles. The van der Waals surface area contributed by atoms with Gasteiger partial charge in [-0.3, -0.25) is 4.79 Å². The lowest BCUT2D eigenvalue weighted by Crippen LogP contribution is -2.58. The fourth-order valence-electron chi connectivity index (χ4n) is 2.65. The molecule has 1 N–H and O–H groups in total. The fourth-order valence-corrected chi connectivity index (χ4v) is 2.65. The molecule has 1 aromatic rings. The van der Waals surface area contributed by atoms with Gasteiger partial charge in [0.15, 0.2) is 0 Å². The van der Waals surface area contributed by atoms with E-state index in [1.807, 2.05) is 38.1 Å². The Balaban J connectivity index is 2.23. The molecular weight excluding hydrogens is 242 g/mol. The van der Waals surface area contributed by atoms with Crippen LogP contribution in [-0.2, 0) is 4.79 Å². The summed E-state index contributed by atoms with van der Waals surface area (Å²) in [5.74, 6) is 0.543. The van der Waals surface area contributed by atoms with Crippen LogP contribution in [0.15, 0.2) is 24.3 Å². The van der Waals surface area contributed by atoms with Crippen LogP contribution in [0.4, 0.5) is 0 Å². The summed E-state index contributed by atoms with van der Waals surface area (Å²) < 4.78 is 5.13. The minimum absolute atomic E-state index is 0.0158. The first-order chi connectivity index (χ1) is 8.97. The second-order valence-corrected chi connectivity index (χ2v) is 5.43. The van der Waals surface area contributed by atoms with E-state index in [1.165, 1.54) is 0 Å². The number of β-lactam (4-membered cyclic amide) rings is 1. The van der Waals surface area contributed by atoms with E-state index < -0.39 is 6.10 Å². The molecule has 19 heavy (non-hydrogen) atoms. The van der Waals surface area contributed by atoms with E-state index >= 15 is 0 Å². The third kappa shape index (κ3) is 2.32. The number of amides is 1. The normalized spacial score (nSPS) is 24.3. The molecule has 0 radical (unpaired) electrons. The van der Waals surface area contributed by atoms with Gasteiger partial charge in [0.25, 0.3) is 0 Å². The van der Waals surface area contributed by atoms with Crippen LogP contribution in [0.25, 0.3) is 0 Å². The predicted molar refractivity (Wildman–Crippen MR) is 72.8 cm³/mol. The van der Waals surface area contributed by atoms with Crippen molar-refractivity contribution in [3.05, 3.63) is 29.8 Å². The number of rotatable bonds is 4. The largest absolute Gasteiger partial charge is 0.497 e. The Morgan fingerprint density at radius 1 is 1.26 bits per heavy atom. The van der Waals surface area contributed by atoms with Crippen LogP contribution >= 0.6 is 0 Å². The van der Waals surface area contributed by atoms with Gasteiger partial charge in [-0.25, -0.2) is 0 Å². The number of benzene rings is 1. The molecule has 104 valence electrons. The van der Waals surface area contributed by atoms with Crippen molar-refractivity contribution >= 4 is 5.91 Å². The molecule has 1 amide bonds. The summed E-state index contributed by atoms with van der Waals surface area (Å²) in [6.07, 6.45) is -0.601. The minimum atomic E-state index is -0.601. The average molecular weight is 263 g/mol. The van der Waals surface area contributed by atoms with E-state index in [-0.39, 0.29) is 23.8 Å². The number of ether oxygens (including phenoxy) is 1. The lowest BCUT2D eigenvalue weighted by molar-refractivity contribution is -0.164. The molecule has 0 aliphatic carbocycles. The van der Waals surface area contributed by atoms with Gasteiger partial charge in [0.05, 0.1) is 25.2 Å². The quantitative estimate of drug-likeness (QED) is 0.843. The van der Waals surface area contributed by atoms with Crippen LogP contribution in [0, 0.1) is 11.8 Å². The highest BCUT2D eigenvalue weighted by Crippen LogP contribution is 2.42. The maximum Gasteiger partial charge on any atom is 0.231 e. The SMILES string of the molecule is COc1ccc([C@H]2[C@@H]([C@H](O)C(C)C)C(=O)N2C)cc1. The Morgan fingerprint density at radius 3 is 2.32 bits per heavy atom. The smallest absolute Gasteiger partial charge is 0.231 e. The zero-order valence-corrected chi connectivity index (χ0v) is 11.8. The highest BCUT2D eigenvalue weighted by molar-refractivity contribution is 5.87. The summed E-state index contributed by atoms with van der Waals surface area (Å²) in [7, 11) is 3.40. The van der Waals surface area contributed by atoms with Gasteiger partial charge in [-0.05, 0) is 23.6 Å². The minimum Gasteiger partial charge on any atom is -0.497 e. The highest BCUT2D eigenvalue weighted by atomic mass is 16.5. The van der Waals surface area contributed by atoms with E-state index in [1.54, 1.807) is 19.1 Å². The summed E-state index contributed by atoms with van der Waals surface area (Å²) in [5, 5.41) is 10.2. The molecule has 0 aromatic heterocycles. The van der Waals surface area contributed by atoms with Crippen LogP contribution in [0.2, 0.25) is 0 Å². The molecule has 3 atom stereocenters. The van der Waals surface area contributed by atoms with Gasteiger partial charge >= 0.3 is 0 Å². The molecule has 4 nitrogen and oxygen atoms in total. The van der Waals surface area contributed by atoms with E-state index in [4.69, 9.17) is 4.74 Å². The molecule has 1 saturated heterocycles. The van der Waals surface area contributed by atoms with Crippen LogP contribution in [-0.4, -0.2) is 36.2 Å². The van der Waals surface area contributed by atoms with Crippen molar-refractivity contribution in [2.24, 2.45) is 11.8 Å². The number of hydrogen-bond donors (Lipinski definition) is 1. The topological polar surface area (TPSA) is 49.8 Å². The lowest BCUT2D eigenvalue weighted by atomic mass is 9.76. The Labute approximate surface area is 114 Å². The summed E-state index contributed by atoms with van der Waals surface area (Å²) >= 11 is 0. The van der Waals surface area contributed by atoms with Gasteiger partial charge in [0.2, 0.25) is 5.91 Å². The Bertz CT molecular complexity index is 455. The van der Waals surface area contributed by atoms with Crippen LogP contribution in [0.1, 0.15) is 25.5 Å². The number of aliphatic hydroxyl groups excluding tert-OH is 1. The van der Waals surface area contributed by atoms with Gasteiger partial charge < -0.3 is 14.7 Å². The molecular formula is C15H21NO3. The van der Waals surface area contributed by atoms with E-state index in [0.717, 1.165) is 11.3 Å². The molecule has 1 aliphatic rings. The first kappa shape index (κ1) is 13.9. The van der Waals surface area contributed by atoms with Gasteiger partial charge in [0.1, 0.15) is 5.75 Å². The molecule has 1 aliphatic heterocycles. The molecule has 1 fully saturated rings. The molecule has 0 bridgehead atoms. The fraction of sp³-hybridized carbons (Fsp3) is 0.533. The maximum atomic E-state index is 12.0. The van der Waals surface area contributed by atoms with Crippen LogP contribution in [0.3, 0.4) is 0 Å². The number of methoxy groups -OCH3 is 1. The molecule has 2 rings (SSSR count). The van der Waals surface area contributed by atoms with Crippen LogP contribution < -0.4 is 4.74 Å². The zero-order valence-electron chi connectivity index (χ0n) is 11.8. The van der Waals surface area contributed by atoms with Gasteiger partial charge in [-0.15, -0.1) is 0 Å². The molecule has 0 unspecified atom stereocenters. The standard InChI is InChI=1S/C15H21NO3/c1-9(2)14(17)12-13(16(3)15(12)18)10-5-7-11(19-4)8-6-10/h5-9,12-14,17H,1-4H3/t12-,13-,14+/m0/s1. The van der Waals surface area contributed by atoms with E-state index in [9.17, 15) is 9.90 Å². The monoisotopic (exact) mass is 263 g/mol. The summed E-state index contributed by atoms with van der Waals surface area (Å²) in [5.41, 5.74) is 1.03. The second-order valence-electron chi connectivity index (χ2n) is 5.43. The number of carbonyl (C=O) groups is 1. The number of nitrogens with zero attached hydrogens (tertiary/aromatic N) is 1. The number of aliphatic hydroxyl groups is 1. The van der Waals surface area contributed by atoms with Crippen molar-refractivity contribution in [2.75, 3.05) is 14.2 Å². The van der Waals surface area contributed by atoms with Crippen molar-refractivity contribution in [3.63, 3.8) is 0 Å². The maximum absolute atomic E-state index is 12.0. The van der Waals surface area contributed by atoms with Crippen molar-refractivity contribution in [1.82, 2.24) is 4.90 Å². The van der Waals surface area contributed by atoms with Gasteiger partial charge in [-0.1, -0.05) is 26.0 Å². The summed E-state index contributed by atoms with van der Waals surface area (Å²) in [6.45, 7) is 3.86. The van der Waals surface area contributed by atoms with Gasteiger partial charge in [-0.2, -0.15) is 0 Å². The van der Waals surface area contributed by atoms with Crippen molar-refractivity contribution < 1.29 is 14.6 Å². The highest BCUT2D eigenvalue weighted by Gasteiger charge is 2.50. The van der Waals surface area contributed by atoms with Crippen molar-refractivity contribution in [1.29, 1.82) is 0 Å². The Morgan fingerprint density at radius 2 is 1.84 bits per heavy atom.